The van der Waals surface area contributed by atoms with Crippen LogP contribution in [-0.2, 0) is 5.41 Å². The number of aromatic nitrogens is 3. The third-order valence-electron chi connectivity index (χ3n) is 14.1. The molecular formula is C62H40N4. The fourth-order valence-corrected chi connectivity index (χ4v) is 11.4. The van der Waals surface area contributed by atoms with Crippen LogP contribution in [0.15, 0.2) is 243 Å². The molecule has 1 spiro atoms. The van der Waals surface area contributed by atoms with Gasteiger partial charge in [0.1, 0.15) is 0 Å². The third-order valence-corrected chi connectivity index (χ3v) is 14.1. The second-order valence-corrected chi connectivity index (χ2v) is 17.5. The van der Waals surface area contributed by atoms with E-state index in [1.165, 1.54) is 55.6 Å². The van der Waals surface area contributed by atoms with Crippen molar-refractivity contribution in [2.75, 3.05) is 4.90 Å². The molecule has 0 atom stereocenters. The Morgan fingerprint density at radius 2 is 0.864 bits per heavy atom. The van der Waals surface area contributed by atoms with E-state index in [1.54, 1.807) is 0 Å². The van der Waals surface area contributed by atoms with E-state index in [1.807, 2.05) is 0 Å². The molecule has 308 valence electrons. The molecule has 4 nitrogen and oxygen atoms in total. The quantitative estimate of drug-likeness (QED) is 0.167. The average Bonchev–Trinajstić information content (AvgIpc) is 4.11. The van der Waals surface area contributed by atoms with Crippen LogP contribution in [0.25, 0.3) is 78.0 Å². The number of nitrogens with zero attached hydrogens (tertiary/aromatic N) is 4. The Balaban J connectivity index is 0.968. The summed E-state index contributed by atoms with van der Waals surface area (Å²) in [6.07, 6.45) is 0. The Bertz CT molecular complexity index is 3800. The molecular weight excluding hydrogens is 801 g/mol. The van der Waals surface area contributed by atoms with Gasteiger partial charge < -0.3 is 4.90 Å². The van der Waals surface area contributed by atoms with Gasteiger partial charge in [0, 0.05) is 22.6 Å². The van der Waals surface area contributed by atoms with Gasteiger partial charge >= 0.3 is 0 Å². The van der Waals surface area contributed by atoms with E-state index in [9.17, 15) is 0 Å². The fourth-order valence-electron chi connectivity index (χ4n) is 11.4. The molecule has 0 amide bonds. The minimum absolute atomic E-state index is 0.508. The van der Waals surface area contributed by atoms with Crippen molar-refractivity contribution in [2.24, 2.45) is 0 Å². The zero-order chi connectivity index (χ0) is 43.3. The molecule has 14 rings (SSSR count). The number of imidazole rings is 2. The van der Waals surface area contributed by atoms with E-state index >= 15 is 0 Å². The van der Waals surface area contributed by atoms with Gasteiger partial charge in [0.05, 0.1) is 33.2 Å². The number of anilines is 3. The largest absolute Gasteiger partial charge is 0.310 e. The molecule has 12 aromatic rings. The van der Waals surface area contributed by atoms with Crippen LogP contribution >= 0.6 is 0 Å². The van der Waals surface area contributed by atoms with Gasteiger partial charge in [-0.1, -0.05) is 176 Å². The molecule has 0 N–H and O–H groups in total. The van der Waals surface area contributed by atoms with Crippen LogP contribution in [0.2, 0.25) is 0 Å². The highest BCUT2D eigenvalue weighted by Gasteiger charge is 2.53. The Labute approximate surface area is 382 Å². The van der Waals surface area contributed by atoms with E-state index in [0.717, 1.165) is 61.7 Å². The van der Waals surface area contributed by atoms with Gasteiger partial charge in [0.25, 0.3) is 0 Å². The van der Waals surface area contributed by atoms with Gasteiger partial charge in [-0.25, -0.2) is 4.98 Å². The van der Waals surface area contributed by atoms with Gasteiger partial charge in [0.2, 0.25) is 5.78 Å². The van der Waals surface area contributed by atoms with Crippen molar-refractivity contribution in [3.63, 3.8) is 0 Å². The van der Waals surface area contributed by atoms with E-state index in [0.29, 0.717) is 0 Å². The first-order valence-corrected chi connectivity index (χ1v) is 22.7. The van der Waals surface area contributed by atoms with Gasteiger partial charge in [0.15, 0.2) is 0 Å². The van der Waals surface area contributed by atoms with Crippen LogP contribution in [-0.4, -0.2) is 14.0 Å². The van der Waals surface area contributed by atoms with Crippen LogP contribution in [0.3, 0.4) is 0 Å². The fraction of sp³-hybridized carbons (Fsp3) is 0.0161. The average molecular weight is 841 g/mol. The molecule has 2 aromatic heterocycles. The first-order chi connectivity index (χ1) is 32.8. The first kappa shape index (κ1) is 36.7. The van der Waals surface area contributed by atoms with Crippen LogP contribution in [0.1, 0.15) is 22.3 Å². The second kappa shape index (κ2) is 14.1. The van der Waals surface area contributed by atoms with E-state index in [2.05, 4.69) is 257 Å². The molecule has 0 aliphatic heterocycles. The number of benzene rings is 10. The molecule has 2 heterocycles. The summed E-state index contributed by atoms with van der Waals surface area (Å²) >= 11 is 0. The van der Waals surface area contributed by atoms with E-state index < -0.39 is 5.41 Å². The third kappa shape index (κ3) is 5.12. The number of hydrogen-bond acceptors (Lipinski definition) is 2. The maximum absolute atomic E-state index is 5.15. The Kier molecular flexibility index (Phi) is 7.87. The van der Waals surface area contributed by atoms with E-state index in [4.69, 9.17) is 4.98 Å². The van der Waals surface area contributed by atoms with Gasteiger partial charge in [-0.05, 0) is 128 Å². The maximum Gasteiger partial charge on any atom is 0.220 e. The van der Waals surface area contributed by atoms with Gasteiger partial charge in [-0.15, -0.1) is 0 Å². The molecule has 10 aromatic carbocycles. The Morgan fingerprint density at radius 3 is 1.52 bits per heavy atom. The van der Waals surface area contributed by atoms with Crippen molar-refractivity contribution in [2.45, 2.75) is 5.41 Å². The number of rotatable bonds is 6. The summed E-state index contributed by atoms with van der Waals surface area (Å²) in [5, 5.41) is 0. The van der Waals surface area contributed by atoms with Crippen LogP contribution in [0.5, 0.6) is 0 Å². The number of fused-ring (bicyclic) bond motifs is 15. The summed E-state index contributed by atoms with van der Waals surface area (Å²) in [5.74, 6) is 0.904. The lowest BCUT2D eigenvalue weighted by molar-refractivity contribution is 0.793. The molecule has 66 heavy (non-hydrogen) atoms. The lowest BCUT2D eigenvalue weighted by Gasteiger charge is -2.36. The number of para-hydroxylation sites is 3. The highest BCUT2D eigenvalue weighted by Crippen LogP contribution is 2.65. The summed E-state index contributed by atoms with van der Waals surface area (Å²) in [4.78, 5) is 7.64. The van der Waals surface area contributed by atoms with Crippen molar-refractivity contribution in [1.82, 2.24) is 14.0 Å². The highest BCUT2D eigenvalue weighted by molar-refractivity contribution is 6.00. The first-order valence-electron chi connectivity index (χ1n) is 22.7. The summed E-state index contributed by atoms with van der Waals surface area (Å²) in [5.41, 5.74) is 23.4. The lowest BCUT2D eigenvalue weighted by atomic mass is 9.70. The van der Waals surface area contributed by atoms with Crippen molar-refractivity contribution in [3.05, 3.63) is 265 Å². The maximum atomic E-state index is 5.15. The van der Waals surface area contributed by atoms with Crippen LogP contribution < -0.4 is 4.90 Å². The molecule has 2 aliphatic carbocycles. The zero-order valence-corrected chi connectivity index (χ0v) is 35.9. The molecule has 4 heteroatoms. The monoisotopic (exact) mass is 840 g/mol. The topological polar surface area (TPSA) is 25.5 Å². The second-order valence-electron chi connectivity index (χ2n) is 17.5. The minimum Gasteiger partial charge on any atom is -0.310 e. The molecule has 0 fully saturated rings. The van der Waals surface area contributed by atoms with Gasteiger partial charge in [-0.3, -0.25) is 8.97 Å². The Hall–Kier alpha value is -8.73. The summed E-state index contributed by atoms with van der Waals surface area (Å²) in [6.45, 7) is 0. The molecule has 0 unspecified atom stereocenters. The van der Waals surface area contributed by atoms with E-state index in [-0.39, 0.29) is 0 Å². The lowest BCUT2D eigenvalue weighted by Crippen LogP contribution is -2.28. The van der Waals surface area contributed by atoms with Gasteiger partial charge in [-0.2, -0.15) is 0 Å². The summed E-state index contributed by atoms with van der Waals surface area (Å²) in [7, 11) is 0. The normalized spacial score (nSPS) is 13.0. The highest BCUT2D eigenvalue weighted by atomic mass is 15.2. The van der Waals surface area contributed by atoms with Crippen molar-refractivity contribution >= 4 is 44.9 Å². The molecule has 0 bridgehead atoms. The van der Waals surface area contributed by atoms with Crippen molar-refractivity contribution in [3.8, 4) is 50.2 Å². The predicted molar refractivity (Wildman–Crippen MR) is 271 cm³/mol. The molecule has 0 saturated carbocycles. The standard InChI is InChI=1S/C62H40N4/c1-3-16-41(17-4-1)42-30-35-46(36-31-42)64(58-29-15-23-51-50-22-9-12-26-54(50)62(60(51)58)52-24-10-7-20-48(52)49-21-8-11-25-53(49)62)47-37-32-43(33-38-47)44-34-39-57-59(40-44)66-56-28-14-13-27-55(56)63-61(66)65(57)45-18-5-2-6-19-45/h1-40H. The molecule has 0 radical (unpaired) electrons. The summed E-state index contributed by atoms with van der Waals surface area (Å²) in [6, 6.07) is 88.8. The number of hydrogen-bond donors (Lipinski definition) is 0. The Morgan fingerprint density at radius 1 is 0.364 bits per heavy atom. The molecule has 2 aliphatic rings. The zero-order valence-electron chi connectivity index (χ0n) is 35.9. The minimum atomic E-state index is -0.508. The molecule has 0 saturated heterocycles. The smallest absolute Gasteiger partial charge is 0.220 e. The van der Waals surface area contributed by atoms with Crippen molar-refractivity contribution in [1.29, 1.82) is 0 Å². The SMILES string of the molecule is c1ccc(-c2ccc(N(c3ccc(-c4ccc5c(c4)n4c6ccccc6nc4n5-c4ccccc4)cc3)c3cccc4c3C3(c5ccccc5-c5ccccc53)c3ccccc3-4)cc2)cc1. The van der Waals surface area contributed by atoms with Crippen molar-refractivity contribution < 1.29 is 0 Å². The van der Waals surface area contributed by atoms with Crippen LogP contribution in [0.4, 0.5) is 17.1 Å². The van der Waals surface area contributed by atoms with Crippen LogP contribution in [0, 0.1) is 0 Å². The predicted octanol–water partition coefficient (Wildman–Crippen LogP) is 15.6. The summed E-state index contributed by atoms with van der Waals surface area (Å²) < 4.78 is 4.58.